The van der Waals surface area contributed by atoms with Crippen molar-refractivity contribution >= 4 is 31.4 Å². The molecule has 0 radical (unpaired) electrons. The van der Waals surface area contributed by atoms with Crippen molar-refractivity contribution in [3.63, 3.8) is 0 Å². The molecule has 8 nitrogen and oxygen atoms in total. The van der Waals surface area contributed by atoms with E-state index in [0.717, 1.165) is 24.3 Å². The van der Waals surface area contributed by atoms with Gasteiger partial charge in [-0.05, 0) is 61.0 Å². The van der Waals surface area contributed by atoms with Gasteiger partial charge in [0.1, 0.15) is 17.3 Å². The van der Waals surface area contributed by atoms with Gasteiger partial charge in [0.2, 0.25) is 0 Å². The van der Waals surface area contributed by atoms with Gasteiger partial charge in [-0.15, -0.1) is 0 Å². The highest BCUT2D eigenvalue weighted by atomic mass is 32.2. The molecular weight excluding hydrogens is 459 g/mol. The van der Waals surface area contributed by atoms with Crippen LogP contribution in [0.5, 0.6) is 11.5 Å². The van der Waals surface area contributed by atoms with E-state index in [2.05, 4.69) is 9.44 Å². The summed E-state index contributed by atoms with van der Waals surface area (Å²) < 4.78 is 80.0. The van der Waals surface area contributed by atoms with Gasteiger partial charge in [0.05, 0.1) is 35.4 Å². The van der Waals surface area contributed by atoms with Gasteiger partial charge in [-0.25, -0.2) is 21.2 Å². The van der Waals surface area contributed by atoms with Crippen molar-refractivity contribution in [3.8, 4) is 11.5 Å². The number of rotatable bonds is 8. The number of para-hydroxylation sites is 2. The molecule has 11 heteroatoms. The Hall–Kier alpha value is -3.31. The topological polar surface area (TPSA) is 111 Å². The Morgan fingerprint density at radius 1 is 0.750 bits per heavy atom. The number of sulfonamides is 2. The number of anilines is 2. The first-order valence-electron chi connectivity index (χ1n) is 9.20. The Bertz CT molecular complexity index is 1360. The first-order valence-corrected chi connectivity index (χ1v) is 12.2. The smallest absolute Gasteiger partial charge is 0.262 e. The lowest BCUT2D eigenvalue weighted by Gasteiger charge is -2.16. The van der Waals surface area contributed by atoms with Crippen LogP contribution in [-0.2, 0) is 20.0 Å². The van der Waals surface area contributed by atoms with Gasteiger partial charge in [0.25, 0.3) is 20.0 Å². The van der Waals surface area contributed by atoms with Crippen molar-refractivity contribution in [1.29, 1.82) is 0 Å². The molecule has 0 saturated carbocycles. The molecule has 0 aliphatic rings. The number of methoxy groups -OCH3 is 2. The number of hydrogen-bond donors (Lipinski definition) is 2. The predicted molar refractivity (Wildman–Crippen MR) is 119 cm³/mol. The van der Waals surface area contributed by atoms with Crippen LogP contribution in [0, 0.1) is 12.7 Å². The van der Waals surface area contributed by atoms with E-state index in [1.807, 2.05) is 0 Å². The lowest BCUT2D eigenvalue weighted by atomic mass is 10.2. The summed E-state index contributed by atoms with van der Waals surface area (Å²) >= 11 is 0. The fraction of sp³-hybridized carbons (Fsp3) is 0.143. The molecule has 3 aromatic rings. The van der Waals surface area contributed by atoms with E-state index in [4.69, 9.17) is 9.47 Å². The first-order chi connectivity index (χ1) is 15.1. The van der Waals surface area contributed by atoms with Crippen LogP contribution >= 0.6 is 0 Å². The van der Waals surface area contributed by atoms with Crippen molar-refractivity contribution in [2.24, 2.45) is 0 Å². The first kappa shape index (κ1) is 23.4. The van der Waals surface area contributed by atoms with Crippen LogP contribution in [-0.4, -0.2) is 31.1 Å². The molecular formula is C21H21FN2O6S2. The molecule has 170 valence electrons. The average molecular weight is 481 g/mol. The predicted octanol–water partition coefficient (Wildman–Crippen LogP) is 3.75. The van der Waals surface area contributed by atoms with Gasteiger partial charge in [-0.2, -0.15) is 0 Å². The summed E-state index contributed by atoms with van der Waals surface area (Å²) in [5, 5.41) is 0. The van der Waals surface area contributed by atoms with Crippen molar-refractivity contribution < 1.29 is 30.7 Å². The lowest BCUT2D eigenvalue weighted by Crippen LogP contribution is -2.17. The highest BCUT2D eigenvalue weighted by Gasteiger charge is 2.23. The zero-order chi connectivity index (χ0) is 23.5. The van der Waals surface area contributed by atoms with E-state index in [0.29, 0.717) is 5.75 Å². The summed E-state index contributed by atoms with van der Waals surface area (Å²) in [4.78, 5) is -0.362. The third-order valence-corrected chi connectivity index (χ3v) is 7.39. The van der Waals surface area contributed by atoms with Crippen molar-refractivity contribution in [3.05, 3.63) is 72.0 Å². The normalized spacial score (nSPS) is 11.6. The fourth-order valence-electron chi connectivity index (χ4n) is 2.98. The molecule has 0 spiro atoms. The fourth-order valence-corrected chi connectivity index (χ4v) is 5.37. The molecule has 0 aliphatic carbocycles. The number of ether oxygens (including phenoxy) is 2. The maximum absolute atomic E-state index is 13.4. The van der Waals surface area contributed by atoms with Crippen LogP contribution in [0.1, 0.15) is 5.56 Å². The molecule has 3 rings (SSSR count). The van der Waals surface area contributed by atoms with Gasteiger partial charge >= 0.3 is 0 Å². The highest BCUT2D eigenvalue weighted by Crippen LogP contribution is 2.32. The molecule has 2 N–H and O–H groups in total. The van der Waals surface area contributed by atoms with E-state index < -0.39 is 25.9 Å². The number of halogens is 1. The SMILES string of the molecule is COc1ccccc1NS(=O)(=O)c1ccc(OC)c(NS(=O)(=O)c2ccc(F)cc2C)c1. The summed E-state index contributed by atoms with van der Waals surface area (Å²) in [6, 6.07) is 13.4. The van der Waals surface area contributed by atoms with Crippen molar-refractivity contribution in [2.75, 3.05) is 23.7 Å². The molecule has 3 aromatic carbocycles. The van der Waals surface area contributed by atoms with Gasteiger partial charge in [-0.1, -0.05) is 12.1 Å². The summed E-state index contributed by atoms with van der Waals surface area (Å²) in [5.74, 6) is -0.156. The minimum atomic E-state index is -4.16. The zero-order valence-corrected chi connectivity index (χ0v) is 19.1. The highest BCUT2D eigenvalue weighted by molar-refractivity contribution is 7.93. The molecule has 0 atom stereocenters. The second-order valence-corrected chi connectivity index (χ2v) is 10.0. The average Bonchev–Trinajstić information content (AvgIpc) is 2.73. The minimum Gasteiger partial charge on any atom is -0.495 e. The summed E-state index contributed by atoms with van der Waals surface area (Å²) in [6.45, 7) is 1.45. The van der Waals surface area contributed by atoms with Crippen LogP contribution in [0.2, 0.25) is 0 Å². The Balaban J connectivity index is 2.00. The van der Waals surface area contributed by atoms with Crippen LogP contribution < -0.4 is 18.9 Å². The molecule has 0 aromatic heterocycles. The number of aryl methyl sites for hydroxylation is 1. The maximum Gasteiger partial charge on any atom is 0.262 e. The Morgan fingerprint density at radius 3 is 2.03 bits per heavy atom. The van der Waals surface area contributed by atoms with Crippen molar-refractivity contribution in [2.45, 2.75) is 16.7 Å². The molecule has 0 saturated heterocycles. The molecule has 0 heterocycles. The summed E-state index contributed by atoms with van der Waals surface area (Å²) in [5.41, 5.74) is 0.312. The molecule has 0 bridgehead atoms. The molecule has 0 fully saturated rings. The Kier molecular flexibility index (Phi) is 6.60. The third-order valence-electron chi connectivity index (χ3n) is 4.50. The third kappa shape index (κ3) is 4.94. The van der Waals surface area contributed by atoms with E-state index in [9.17, 15) is 21.2 Å². The Morgan fingerprint density at radius 2 is 1.38 bits per heavy atom. The molecule has 32 heavy (non-hydrogen) atoms. The van der Waals surface area contributed by atoms with Crippen LogP contribution in [0.3, 0.4) is 0 Å². The van der Waals surface area contributed by atoms with E-state index in [-0.39, 0.29) is 32.5 Å². The van der Waals surface area contributed by atoms with Crippen LogP contribution in [0.25, 0.3) is 0 Å². The van der Waals surface area contributed by atoms with Gasteiger partial charge in [0, 0.05) is 0 Å². The number of benzene rings is 3. The quantitative estimate of drug-likeness (QED) is 0.508. The monoisotopic (exact) mass is 480 g/mol. The van der Waals surface area contributed by atoms with Crippen molar-refractivity contribution in [1.82, 2.24) is 0 Å². The largest absolute Gasteiger partial charge is 0.495 e. The number of nitrogens with one attached hydrogen (secondary N) is 2. The van der Waals surface area contributed by atoms with E-state index >= 15 is 0 Å². The van der Waals surface area contributed by atoms with Gasteiger partial charge < -0.3 is 9.47 Å². The summed E-state index contributed by atoms with van der Waals surface area (Å²) in [7, 11) is -5.53. The number of hydrogen-bond acceptors (Lipinski definition) is 6. The summed E-state index contributed by atoms with van der Waals surface area (Å²) in [6.07, 6.45) is 0. The molecule has 0 amide bonds. The maximum atomic E-state index is 13.4. The van der Waals surface area contributed by atoms with Crippen LogP contribution in [0.4, 0.5) is 15.8 Å². The van der Waals surface area contributed by atoms with E-state index in [1.54, 1.807) is 18.2 Å². The second-order valence-electron chi connectivity index (χ2n) is 6.68. The second kappa shape index (κ2) is 9.05. The van der Waals surface area contributed by atoms with E-state index in [1.165, 1.54) is 39.3 Å². The molecule has 0 aliphatic heterocycles. The minimum absolute atomic E-state index is 0.0980. The van der Waals surface area contributed by atoms with Gasteiger partial charge in [0.15, 0.2) is 0 Å². The van der Waals surface area contributed by atoms with Gasteiger partial charge in [-0.3, -0.25) is 9.44 Å². The van der Waals surface area contributed by atoms with Crippen LogP contribution in [0.15, 0.2) is 70.5 Å². The lowest BCUT2D eigenvalue weighted by molar-refractivity contribution is 0.416. The Labute approximate surface area is 186 Å². The molecule has 0 unspecified atom stereocenters. The standard InChI is InChI=1S/C21H21FN2O6S2/c1-14-12-15(22)8-11-21(14)32(27,28)24-18-13-16(9-10-20(18)30-3)31(25,26)23-17-6-4-5-7-19(17)29-2/h4-13,23-24H,1-3H3. The zero-order valence-electron chi connectivity index (χ0n) is 17.4.